The second-order valence-corrected chi connectivity index (χ2v) is 7.23. The summed E-state index contributed by atoms with van der Waals surface area (Å²) in [7, 11) is 0. The van der Waals surface area contributed by atoms with E-state index in [0.717, 1.165) is 23.5 Å². The molecule has 0 saturated carbocycles. The fraction of sp³-hybridized carbons (Fsp3) is 0.348. The van der Waals surface area contributed by atoms with Gasteiger partial charge >= 0.3 is 0 Å². The molecule has 1 amide bonds. The lowest BCUT2D eigenvalue weighted by molar-refractivity contribution is -0.114. The van der Waals surface area contributed by atoms with Crippen LogP contribution in [0.1, 0.15) is 44.7 Å². The number of carbonyl (C=O) groups excluding carboxylic acids is 1. The maximum atomic E-state index is 12.9. The zero-order valence-electron chi connectivity index (χ0n) is 16.1. The molecule has 0 radical (unpaired) electrons. The smallest absolute Gasteiger partial charge is 0.251 e. The monoisotopic (exact) mass is 348 g/mol. The molecule has 1 atom stereocenters. The molecule has 1 aliphatic heterocycles. The average Bonchev–Trinajstić information content (AvgIpc) is 2.65. The van der Waals surface area contributed by atoms with E-state index in [1.54, 1.807) is 6.08 Å². The fourth-order valence-electron chi connectivity index (χ4n) is 3.57. The van der Waals surface area contributed by atoms with E-state index in [0.29, 0.717) is 18.5 Å². The van der Waals surface area contributed by atoms with E-state index in [4.69, 9.17) is 0 Å². The quantitative estimate of drug-likeness (QED) is 0.719. The number of rotatable bonds is 4. The zero-order chi connectivity index (χ0) is 18.7. The van der Waals surface area contributed by atoms with Crippen LogP contribution >= 0.6 is 0 Å². The molecule has 2 aromatic carbocycles. The lowest BCUT2D eigenvalue weighted by atomic mass is 10.0. The van der Waals surface area contributed by atoms with Crippen LogP contribution in [-0.2, 0) is 4.79 Å². The van der Waals surface area contributed by atoms with Gasteiger partial charge in [0.05, 0.1) is 11.4 Å². The molecule has 3 rings (SSSR count). The summed E-state index contributed by atoms with van der Waals surface area (Å²) in [6.45, 7) is 10.4. The number of para-hydroxylation sites is 2. The molecular weight excluding hydrogens is 320 g/mol. The van der Waals surface area contributed by atoms with Crippen molar-refractivity contribution in [3.63, 3.8) is 0 Å². The van der Waals surface area contributed by atoms with Gasteiger partial charge in [0, 0.05) is 25.2 Å². The third kappa shape index (κ3) is 3.67. The van der Waals surface area contributed by atoms with Crippen LogP contribution in [0.2, 0.25) is 0 Å². The van der Waals surface area contributed by atoms with Gasteiger partial charge in [0.15, 0.2) is 0 Å². The Bertz CT molecular complexity index is 792. The summed E-state index contributed by atoms with van der Waals surface area (Å²) in [5.41, 5.74) is 4.50. The van der Waals surface area contributed by atoms with Crippen molar-refractivity contribution in [2.24, 2.45) is 0 Å². The normalized spacial score (nSPS) is 17.0. The van der Waals surface area contributed by atoms with E-state index in [1.807, 2.05) is 29.2 Å². The van der Waals surface area contributed by atoms with Crippen LogP contribution in [0, 0.1) is 0 Å². The molecule has 0 bridgehead atoms. The number of anilines is 2. The second kappa shape index (κ2) is 7.77. The fourth-order valence-corrected chi connectivity index (χ4v) is 3.57. The molecule has 1 unspecified atom stereocenters. The molecule has 1 aliphatic rings. The highest BCUT2D eigenvalue weighted by Crippen LogP contribution is 2.35. The Kier molecular flexibility index (Phi) is 5.46. The number of nitrogens with zero attached hydrogens (tertiary/aromatic N) is 2. The van der Waals surface area contributed by atoms with Crippen molar-refractivity contribution in [3.05, 3.63) is 65.7 Å². The van der Waals surface area contributed by atoms with Crippen LogP contribution in [0.3, 0.4) is 0 Å². The molecule has 26 heavy (non-hydrogen) atoms. The Hall–Kier alpha value is -2.55. The number of amides is 1. The van der Waals surface area contributed by atoms with Crippen molar-refractivity contribution >= 4 is 23.4 Å². The molecule has 3 heteroatoms. The van der Waals surface area contributed by atoms with E-state index in [9.17, 15) is 4.79 Å². The number of carbonyl (C=O) groups is 1. The Morgan fingerprint density at radius 2 is 1.77 bits per heavy atom. The molecule has 0 fully saturated rings. The highest BCUT2D eigenvalue weighted by atomic mass is 16.2. The van der Waals surface area contributed by atoms with Gasteiger partial charge in [-0.05, 0) is 49.1 Å². The minimum Gasteiger partial charge on any atom is -0.366 e. The second-order valence-electron chi connectivity index (χ2n) is 7.23. The Balaban J connectivity index is 1.81. The van der Waals surface area contributed by atoms with Gasteiger partial charge < -0.3 is 9.80 Å². The van der Waals surface area contributed by atoms with E-state index in [2.05, 4.69) is 62.9 Å². The molecule has 0 spiro atoms. The van der Waals surface area contributed by atoms with Gasteiger partial charge in [-0.25, -0.2) is 0 Å². The lowest BCUT2D eigenvalue weighted by Gasteiger charge is -2.41. The van der Waals surface area contributed by atoms with Crippen LogP contribution in [0.5, 0.6) is 0 Å². The van der Waals surface area contributed by atoms with Gasteiger partial charge in [-0.3, -0.25) is 4.79 Å². The van der Waals surface area contributed by atoms with Gasteiger partial charge in [0.1, 0.15) is 0 Å². The van der Waals surface area contributed by atoms with E-state index in [1.165, 1.54) is 5.56 Å². The number of hydrogen-bond donors (Lipinski definition) is 0. The molecule has 3 nitrogen and oxygen atoms in total. The van der Waals surface area contributed by atoms with Crippen molar-refractivity contribution in [1.29, 1.82) is 0 Å². The first-order valence-electron chi connectivity index (χ1n) is 9.46. The third-order valence-corrected chi connectivity index (χ3v) is 5.09. The Morgan fingerprint density at radius 3 is 2.38 bits per heavy atom. The molecule has 1 heterocycles. The Labute approximate surface area is 156 Å². The maximum Gasteiger partial charge on any atom is 0.251 e. The summed E-state index contributed by atoms with van der Waals surface area (Å²) in [4.78, 5) is 17.1. The highest BCUT2D eigenvalue weighted by molar-refractivity contribution is 6.06. The number of hydrogen-bond acceptors (Lipinski definition) is 2. The largest absolute Gasteiger partial charge is 0.366 e. The third-order valence-electron chi connectivity index (χ3n) is 5.09. The summed E-state index contributed by atoms with van der Waals surface area (Å²) in [5, 5.41) is 0. The maximum absolute atomic E-state index is 12.9. The molecule has 0 N–H and O–H groups in total. The lowest BCUT2D eigenvalue weighted by Crippen LogP contribution is -2.49. The Morgan fingerprint density at radius 1 is 1.12 bits per heavy atom. The first-order valence-corrected chi connectivity index (χ1v) is 9.46. The van der Waals surface area contributed by atoms with Crippen molar-refractivity contribution in [1.82, 2.24) is 0 Å². The zero-order valence-corrected chi connectivity index (χ0v) is 16.1. The summed E-state index contributed by atoms with van der Waals surface area (Å²) in [5.74, 6) is 0.551. The summed E-state index contributed by atoms with van der Waals surface area (Å²) < 4.78 is 0. The predicted molar refractivity (Wildman–Crippen MR) is 111 cm³/mol. The first-order chi connectivity index (χ1) is 12.5. The highest BCUT2D eigenvalue weighted by Gasteiger charge is 2.29. The van der Waals surface area contributed by atoms with Gasteiger partial charge in [0.2, 0.25) is 0 Å². The van der Waals surface area contributed by atoms with Crippen molar-refractivity contribution in [2.75, 3.05) is 22.9 Å². The van der Waals surface area contributed by atoms with Crippen molar-refractivity contribution < 1.29 is 4.79 Å². The number of fused-ring (bicyclic) bond motifs is 1. The van der Waals surface area contributed by atoms with Gasteiger partial charge in [-0.2, -0.15) is 0 Å². The van der Waals surface area contributed by atoms with Gasteiger partial charge in [-0.15, -0.1) is 0 Å². The molecule has 136 valence electrons. The van der Waals surface area contributed by atoms with Crippen LogP contribution in [-0.4, -0.2) is 25.0 Å². The molecule has 0 aromatic heterocycles. The van der Waals surface area contributed by atoms with Crippen LogP contribution < -0.4 is 9.80 Å². The number of likely N-dealkylation sites (N-methyl/N-ethyl adjacent to an activating group) is 1. The average molecular weight is 348 g/mol. The van der Waals surface area contributed by atoms with Crippen LogP contribution in [0.4, 0.5) is 11.4 Å². The van der Waals surface area contributed by atoms with Crippen molar-refractivity contribution in [3.8, 4) is 0 Å². The molecule has 0 aliphatic carbocycles. The first kappa shape index (κ1) is 18.2. The number of benzene rings is 2. The predicted octanol–water partition coefficient (Wildman–Crippen LogP) is 5.08. The van der Waals surface area contributed by atoms with Crippen LogP contribution in [0.25, 0.3) is 6.08 Å². The van der Waals surface area contributed by atoms with E-state index >= 15 is 0 Å². The summed E-state index contributed by atoms with van der Waals surface area (Å²) in [6, 6.07) is 16.9. The van der Waals surface area contributed by atoms with Gasteiger partial charge in [0.25, 0.3) is 5.91 Å². The minimum atomic E-state index is 0.0352. The van der Waals surface area contributed by atoms with Crippen molar-refractivity contribution in [2.45, 2.75) is 39.7 Å². The molecular formula is C23H28N2O. The molecule has 2 aromatic rings. The SMILES string of the molecule is CCN1c2ccccc2N(C(=O)/C=C/c2ccc(C(C)C)cc2)CC1C. The summed E-state index contributed by atoms with van der Waals surface area (Å²) in [6.07, 6.45) is 3.60. The summed E-state index contributed by atoms with van der Waals surface area (Å²) >= 11 is 0. The van der Waals surface area contributed by atoms with E-state index in [-0.39, 0.29) is 5.91 Å². The topological polar surface area (TPSA) is 23.6 Å². The van der Waals surface area contributed by atoms with Crippen LogP contribution in [0.15, 0.2) is 54.6 Å². The standard InChI is InChI=1S/C23H28N2O/c1-5-24-18(4)16-25(22-9-7-6-8-21(22)24)23(26)15-12-19-10-13-20(14-11-19)17(2)3/h6-15,17-18H,5,16H2,1-4H3/b15-12+. The minimum absolute atomic E-state index is 0.0352. The van der Waals surface area contributed by atoms with E-state index < -0.39 is 0 Å². The molecule has 0 saturated heterocycles. The van der Waals surface area contributed by atoms with Gasteiger partial charge in [-0.1, -0.05) is 50.2 Å².